The number of aromatic nitrogens is 1. The molecule has 0 aliphatic carbocycles. The molecule has 0 radical (unpaired) electrons. The summed E-state index contributed by atoms with van der Waals surface area (Å²) in [6.07, 6.45) is -11.8. The molecule has 4 nitrogen and oxygen atoms in total. The van der Waals surface area contributed by atoms with Crippen LogP contribution in [0.4, 0.5) is 26.3 Å². The third kappa shape index (κ3) is 4.05. The van der Waals surface area contributed by atoms with E-state index in [1.165, 1.54) is 20.8 Å². The fraction of sp³-hybridized carbons (Fsp3) is 0.538. The molecule has 0 saturated carbocycles. The zero-order valence-corrected chi connectivity index (χ0v) is 12.3. The van der Waals surface area contributed by atoms with E-state index in [9.17, 15) is 31.1 Å². The van der Waals surface area contributed by atoms with E-state index in [0.29, 0.717) is 0 Å². The highest BCUT2D eigenvalue weighted by Gasteiger charge is 2.46. The van der Waals surface area contributed by atoms with E-state index in [-0.39, 0.29) is 0 Å². The number of hydrogen-bond acceptors (Lipinski definition) is 3. The van der Waals surface area contributed by atoms with Crippen LogP contribution in [0, 0.1) is 0 Å². The molecule has 0 aliphatic heterocycles. The van der Waals surface area contributed by atoms with E-state index in [2.05, 4.69) is 4.98 Å². The lowest BCUT2D eigenvalue weighted by Gasteiger charge is -2.22. The fourth-order valence-corrected chi connectivity index (χ4v) is 1.93. The highest BCUT2D eigenvalue weighted by atomic mass is 19.4. The minimum absolute atomic E-state index is 0.400. The van der Waals surface area contributed by atoms with Gasteiger partial charge in [0.2, 0.25) is 0 Å². The van der Waals surface area contributed by atoms with Crippen LogP contribution in [0.15, 0.2) is 0 Å². The Hall–Kier alpha value is -2.00. The van der Waals surface area contributed by atoms with Gasteiger partial charge in [-0.2, -0.15) is 26.3 Å². The molecule has 0 aliphatic rings. The number of aromatic carboxylic acids is 1. The Balaban J connectivity index is 3.96. The number of carboxylic acids is 1. The van der Waals surface area contributed by atoms with Crippen molar-refractivity contribution in [3.8, 4) is 5.75 Å². The van der Waals surface area contributed by atoms with Crippen LogP contribution in [0.5, 0.6) is 5.75 Å². The van der Waals surface area contributed by atoms with Gasteiger partial charge in [-0.1, -0.05) is 6.92 Å². The summed E-state index contributed by atoms with van der Waals surface area (Å²) >= 11 is 0. The van der Waals surface area contributed by atoms with Gasteiger partial charge in [-0.05, 0) is 20.3 Å². The number of nitrogens with zero attached hydrogens (tertiary/aromatic N) is 1. The Kier molecular flexibility index (Phi) is 5.17. The Bertz CT molecular complexity index is 607. The molecule has 0 saturated heterocycles. The van der Waals surface area contributed by atoms with Crippen LogP contribution < -0.4 is 4.74 Å². The summed E-state index contributed by atoms with van der Waals surface area (Å²) in [7, 11) is 0. The summed E-state index contributed by atoms with van der Waals surface area (Å²) in [5.41, 5.74) is -6.08. The minimum Gasteiger partial charge on any atom is -0.490 e. The van der Waals surface area contributed by atoms with Crippen LogP contribution in [0.1, 0.15) is 48.1 Å². The van der Waals surface area contributed by atoms with Crippen molar-refractivity contribution in [2.45, 2.75) is 45.6 Å². The van der Waals surface area contributed by atoms with Gasteiger partial charge in [0.15, 0.2) is 11.4 Å². The van der Waals surface area contributed by atoms with Crippen LogP contribution in [-0.4, -0.2) is 22.2 Å². The topological polar surface area (TPSA) is 59.4 Å². The highest BCUT2D eigenvalue weighted by Crippen LogP contribution is 2.42. The first-order valence-electron chi connectivity index (χ1n) is 6.41. The van der Waals surface area contributed by atoms with Crippen molar-refractivity contribution in [1.82, 2.24) is 4.98 Å². The van der Waals surface area contributed by atoms with Gasteiger partial charge < -0.3 is 9.84 Å². The molecule has 1 heterocycles. The second-order valence-electron chi connectivity index (χ2n) is 4.81. The van der Waals surface area contributed by atoms with Gasteiger partial charge in [0.05, 0.1) is 6.10 Å². The lowest BCUT2D eigenvalue weighted by atomic mass is 10.0. The summed E-state index contributed by atoms with van der Waals surface area (Å²) in [6, 6.07) is 0. The maximum atomic E-state index is 13.0. The number of halogens is 6. The van der Waals surface area contributed by atoms with Crippen molar-refractivity contribution in [3.63, 3.8) is 0 Å². The molecule has 1 N–H and O–H groups in total. The predicted octanol–water partition coefficient (Wildman–Crippen LogP) is 4.17. The molecule has 10 heteroatoms. The van der Waals surface area contributed by atoms with Crippen LogP contribution >= 0.6 is 0 Å². The molecular formula is C13H13F6NO3. The molecule has 0 aromatic carbocycles. The Morgan fingerprint density at radius 2 is 1.61 bits per heavy atom. The molecule has 0 spiro atoms. The maximum Gasteiger partial charge on any atom is 0.434 e. The number of ether oxygens (including phenoxy) is 1. The first kappa shape index (κ1) is 19.0. The Morgan fingerprint density at radius 3 is 1.91 bits per heavy atom. The van der Waals surface area contributed by atoms with Crippen molar-refractivity contribution in [1.29, 1.82) is 0 Å². The van der Waals surface area contributed by atoms with Crippen molar-refractivity contribution in [2.75, 3.05) is 0 Å². The minimum atomic E-state index is -5.38. The average Bonchev–Trinajstić information content (AvgIpc) is 2.33. The second-order valence-corrected chi connectivity index (χ2v) is 4.81. The van der Waals surface area contributed by atoms with E-state index in [4.69, 9.17) is 9.84 Å². The Morgan fingerprint density at radius 1 is 1.13 bits per heavy atom. The van der Waals surface area contributed by atoms with Gasteiger partial charge in [-0.25, -0.2) is 9.78 Å². The van der Waals surface area contributed by atoms with Crippen LogP contribution in [0.3, 0.4) is 0 Å². The second kappa shape index (κ2) is 6.25. The number of carbonyl (C=O) groups is 1. The quantitative estimate of drug-likeness (QED) is 0.832. The van der Waals surface area contributed by atoms with Gasteiger partial charge in [-0.3, -0.25) is 0 Å². The first-order valence-corrected chi connectivity index (χ1v) is 6.41. The Labute approximate surface area is 127 Å². The van der Waals surface area contributed by atoms with E-state index in [1.807, 2.05) is 0 Å². The number of rotatable bonds is 4. The zero-order valence-electron chi connectivity index (χ0n) is 12.3. The molecule has 0 unspecified atom stereocenters. The molecule has 1 rings (SSSR count). The third-order valence-electron chi connectivity index (χ3n) is 2.71. The summed E-state index contributed by atoms with van der Waals surface area (Å²) < 4.78 is 83.0. The molecule has 0 bridgehead atoms. The number of pyridine rings is 1. The lowest BCUT2D eigenvalue weighted by molar-refractivity contribution is -0.151. The van der Waals surface area contributed by atoms with Crippen LogP contribution in [0.2, 0.25) is 0 Å². The van der Waals surface area contributed by atoms with Crippen molar-refractivity contribution >= 4 is 5.97 Å². The SMILES string of the molecule is CCc1c(C(F)(F)F)nc(C(F)(F)F)c(C(=O)O)c1OC(C)C. The molecule has 23 heavy (non-hydrogen) atoms. The van der Waals surface area contributed by atoms with Gasteiger partial charge in [0, 0.05) is 5.56 Å². The largest absolute Gasteiger partial charge is 0.490 e. The number of carboxylic acid groups (broad SMARTS) is 1. The normalized spacial score (nSPS) is 12.6. The molecule has 0 atom stereocenters. The zero-order chi connectivity index (χ0) is 18.2. The van der Waals surface area contributed by atoms with E-state index in [1.54, 1.807) is 0 Å². The van der Waals surface area contributed by atoms with Crippen molar-refractivity contribution in [2.24, 2.45) is 0 Å². The molecule has 0 amide bonds. The summed E-state index contributed by atoms with van der Waals surface area (Å²) in [4.78, 5) is 13.8. The fourth-order valence-electron chi connectivity index (χ4n) is 1.93. The molecule has 1 aromatic rings. The van der Waals surface area contributed by atoms with Crippen molar-refractivity contribution in [3.05, 3.63) is 22.5 Å². The van der Waals surface area contributed by atoms with E-state index in [0.717, 1.165) is 0 Å². The third-order valence-corrected chi connectivity index (χ3v) is 2.71. The molecular weight excluding hydrogens is 332 g/mol. The molecule has 0 fully saturated rings. The van der Waals surface area contributed by atoms with Gasteiger partial charge in [0.1, 0.15) is 11.3 Å². The smallest absolute Gasteiger partial charge is 0.434 e. The van der Waals surface area contributed by atoms with E-state index >= 15 is 0 Å². The van der Waals surface area contributed by atoms with Gasteiger partial charge in [0.25, 0.3) is 0 Å². The van der Waals surface area contributed by atoms with Crippen LogP contribution in [-0.2, 0) is 18.8 Å². The summed E-state index contributed by atoms with van der Waals surface area (Å²) in [5, 5.41) is 9.04. The predicted molar refractivity (Wildman–Crippen MR) is 66.3 cm³/mol. The lowest BCUT2D eigenvalue weighted by Crippen LogP contribution is -2.24. The van der Waals surface area contributed by atoms with Gasteiger partial charge in [-0.15, -0.1) is 0 Å². The standard InChI is InChI=1S/C13H13F6NO3/c1-4-6-8(23-5(2)3)7(11(21)22)10(13(17,18)19)20-9(6)12(14,15)16/h5H,4H2,1-3H3,(H,21,22). The van der Waals surface area contributed by atoms with Crippen LogP contribution in [0.25, 0.3) is 0 Å². The number of hydrogen-bond donors (Lipinski definition) is 1. The van der Waals surface area contributed by atoms with Crippen molar-refractivity contribution < 1.29 is 41.0 Å². The highest BCUT2D eigenvalue weighted by molar-refractivity contribution is 5.93. The van der Waals surface area contributed by atoms with E-state index < -0.39 is 59.1 Å². The average molecular weight is 345 g/mol. The number of alkyl halides is 6. The maximum absolute atomic E-state index is 13.0. The monoisotopic (exact) mass is 345 g/mol. The molecule has 1 aromatic heterocycles. The van der Waals surface area contributed by atoms with Gasteiger partial charge >= 0.3 is 18.3 Å². The summed E-state index contributed by atoms with van der Waals surface area (Å²) in [6.45, 7) is 3.94. The summed E-state index contributed by atoms with van der Waals surface area (Å²) in [5.74, 6) is -3.02. The first-order chi connectivity index (χ1) is 10.3. The molecule has 130 valence electrons.